The molecule has 1 atom stereocenters. The Hall–Kier alpha value is -1.02. The Labute approximate surface area is 97.9 Å². The van der Waals surface area contributed by atoms with Crippen LogP contribution in [0.25, 0.3) is 0 Å². The SMILES string of the molecule is CCCC1CCN(Cc2ccccc2O)C1. The van der Waals surface area contributed by atoms with Crippen LogP contribution in [-0.2, 0) is 6.54 Å². The van der Waals surface area contributed by atoms with Gasteiger partial charge in [-0.15, -0.1) is 0 Å². The first kappa shape index (κ1) is 11.5. The number of hydrogen-bond donors (Lipinski definition) is 1. The van der Waals surface area contributed by atoms with Crippen LogP contribution in [0.4, 0.5) is 0 Å². The van der Waals surface area contributed by atoms with Crippen LogP contribution in [0.15, 0.2) is 24.3 Å². The van der Waals surface area contributed by atoms with Crippen molar-refractivity contribution in [3.63, 3.8) is 0 Å². The monoisotopic (exact) mass is 219 g/mol. The molecule has 1 aromatic carbocycles. The first-order valence-electron chi connectivity index (χ1n) is 6.29. The summed E-state index contributed by atoms with van der Waals surface area (Å²) in [4.78, 5) is 2.45. The van der Waals surface area contributed by atoms with Gasteiger partial charge < -0.3 is 5.11 Å². The predicted molar refractivity (Wildman–Crippen MR) is 66.4 cm³/mol. The summed E-state index contributed by atoms with van der Waals surface area (Å²) in [5.41, 5.74) is 1.06. The maximum atomic E-state index is 9.71. The smallest absolute Gasteiger partial charge is 0.120 e. The maximum Gasteiger partial charge on any atom is 0.120 e. The number of likely N-dealkylation sites (tertiary alicyclic amines) is 1. The Balaban J connectivity index is 1.90. The fraction of sp³-hybridized carbons (Fsp3) is 0.571. The highest BCUT2D eigenvalue weighted by Gasteiger charge is 2.21. The molecule has 0 spiro atoms. The van der Waals surface area contributed by atoms with Gasteiger partial charge in [-0.05, 0) is 31.4 Å². The van der Waals surface area contributed by atoms with Crippen molar-refractivity contribution < 1.29 is 5.11 Å². The van der Waals surface area contributed by atoms with Gasteiger partial charge in [0.15, 0.2) is 0 Å². The summed E-state index contributed by atoms with van der Waals surface area (Å²) < 4.78 is 0. The predicted octanol–water partition coefficient (Wildman–Crippen LogP) is 3.01. The molecule has 0 saturated carbocycles. The largest absolute Gasteiger partial charge is 0.508 e. The summed E-state index contributed by atoms with van der Waals surface area (Å²) >= 11 is 0. The van der Waals surface area contributed by atoms with Crippen molar-refractivity contribution in [2.75, 3.05) is 13.1 Å². The number of aromatic hydroxyl groups is 1. The second kappa shape index (κ2) is 5.35. The lowest BCUT2D eigenvalue weighted by molar-refractivity contribution is 0.307. The van der Waals surface area contributed by atoms with Crippen molar-refractivity contribution in [3.05, 3.63) is 29.8 Å². The molecule has 2 rings (SSSR count). The van der Waals surface area contributed by atoms with Crippen molar-refractivity contribution in [2.24, 2.45) is 5.92 Å². The van der Waals surface area contributed by atoms with Crippen LogP contribution in [0.2, 0.25) is 0 Å². The molecule has 0 bridgehead atoms. The van der Waals surface area contributed by atoms with Gasteiger partial charge in [0.2, 0.25) is 0 Å². The summed E-state index contributed by atoms with van der Waals surface area (Å²) in [6, 6.07) is 7.66. The number of benzene rings is 1. The molecule has 0 aliphatic carbocycles. The molecule has 16 heavy (non-hydrogen) atoms. The minimum absolute atomic E-state index is 0.432. The van der Waals surface area contributed by atoms with Crippen LogP contribution in [0, 0.1) is 5.92 Å². The lowest BCUT2D eigenvalue weighted by Crippen LogP contribution is -2.20. The van der Waals surface area contributed by atoms with Crippen molar-refractivity contribution in [2.45, 2.75) is 32.7 Å². The second-order valence-corrected chi connectivity index (χ2v) is 4.81. The zero-order valence-corrected chi connectivity index (χ0v) is 10.0. The Morgan fingerprint density at radius 3 is 2.94 bits per heavy atom. The third kappa shape index (κ3) is 2.76. The number of para-hydroxylation sites is 1. The van der Waals surface area contributed by atoms with Gasteiger partial charge in [0, 0.05) is 18.7 Å². The number of hydrogen-bond acceptors (Lipinski definition) is 2. The molecule has 88 valence electrons. The van der Waals surface area contributed by atoms with E-state index >= 15 is 0 Å². The van der Waals surface area contributed by atoms with Crippen molar-refractivity contribution in [3.8, 4) is 5.75 Å². The van der Waals surface area contributed by atoms with E-state index in [2.05, 4.69) is 11.8 Å². The molecule has 1 aliphatic rings. The van der Waals surface area contributed by atoms with E-state index in [0.29, 0.717) is 5.75 Å². The summed E-state index contributed by atoms with van der Waals surface area (Å²) in [7, 11) is 0. The average Bonchev–Trinajstić information content (AvgIpc) is 2.70. The maximum absolute atomic E-state index is 9.71. The molecule has 1 aliphatic heterocycles. The van der Waals surface area contributed by atoms with Gasteiger partial charge in [-0.25, -0.2) is 0 Å². The van der Waals surface area contributed by atoms with Crippen LogP contribution >= 0.6 is 0 Å². The summed E-state index contributed by atoms with van der Waals surface area (Å²) in [5, 5.41) is 9.71. The Bertz CT molecular complexity index is 337. The van der Waals surface area contributed by atoms with Crippen molar-refractivity contribution in [1.82, 2.24) is 4.90 Å². The molecule has 1 N–H and O–H groups in total. The molecule has 0 aromatic heterocycles. The third-order valence-electron chi connectivity index (χ3n) is 3.45. The Kier molecular flexibility index (Phi) is 3.83. The van der Waals surface area contributed by atoms with Gasteiger partial charge in [-0.1, -0.05) is 31.5 Å². The summed E-state index contributed by atoms with van der Waals surface area (Å²) in [6.07, 6.45) is 3.95. The first-order valence-corrected chi connectivity index (χ1v) is 6.29. The van der Waals surface area contributed by atoms with Crippen LogP contribution < -0.4 is 0 Å². The second-order valence-electron chi connectivity index (χ2n) is 4.81. The van der Waals surface area contributed by atoms with E-state index in [9.17, 15) is 5.11 Å². The van der Waals surface area contributed by atoms with Crippen LogP contribution in [0.5, 0.6) is 5.75 Å². The molecule has 0 amide bonds. The molecule has 0 radical (unpaired) electrons. The lowest BCUT2D eigenvalue weighted by atomic mass is 10.0. The van der Waals surface area contributed by atoms with E-state index in [1.807, 2.05) is 18.2 Å². The Morgan fingerprint density at radius 2 is 2.19 bits per heavy atom. The molecule has 1 fully saturated rings. The quantitative estimate of drug-likeness (QED) is 0.841. The lowest BCUT2D eigenvalue weighted by Gasteiger charge is -2.16. The van der Waals surface area contributed by atoms with E-state index in [0.717, 1.165) is 18.0 Å². The minimum Gasteiger partial charge on any atom is -0.508 e. The van der Waals surface area contributed by atoms with Gasteiger partial charge >= 0.3 is 0 Å². The van der Waals surface area contributed by atoms with E-state index < -0.39 is 0 Å². The molecule has 2 nitrogen and oxygen atoms in total. The molecule has 1 heterocycles. The number of phenols is 1. The van der Waals surface area contributed by atoms with Crippen LogP contribution in [0.1, 0.15) is 31.7 Å². The molecule has 1 unspecified atom stereocenters. The highest BCUT2D eigenvalue weighted by molar-refractivity contribution is 5.31. The summed E-state index contributed by atoms with van der Waals surface area (Å²) in [6.45, 7) is 5.53. The van der Waals surface area contributed by atoms with Gasteiger partial charge in [0.25, 0.3) is 0 Å². The van der Waals surface area contributed by atoms with E-state index in [1.165, 1.54) is 32.4 Å². The van der Waals surface area contributed by atoms with Crippen molar-refractivity contribution >= 4 is 0 Å². The van der Waals surface area contributed by atoms with E-state index in [4.69, 9.17) is 0 Å². The van der Waals surface area contributed by atoms with E-state index in [-0.39, 0.29) is 0 Å². The molecular formula is C14H21NO. The average molecular weight is 219 g/mol. The number of nitrogens with zero attached hydrogens (tertiary/aromatic N) is 1. The number of rotatable bonds is 4. The van der Waals surface area contributed by atoms with E-state index in [1.54, 1.807) is 6.07 Å². The molecular weight excluding hydrogens is 198 g/mol. The Morgan fingerprint density at radius 1 is 1.38 bits per heavy atom. The van der Waals surface area contributed by atoms with Crippen molar-refractivity contribution in [1.29, 1.82) is 0 Å². The number of phenolic OH excluding ortho intramolecular Hbond substituents is 1. The van der Waals surface area contributed by atoms with Gasteiger partial charge in [-0.2, -0.15) is 0 Å². The topological polar surface area (TPSA) is 23.5 Å². The first-order chi connectivity index (χ1) is 7.79. The fourth-order valence-corrected chi connectivity index (χ4v) is 2.59. The highest BCUT2D eigenvalue weighted by atomic mass is 16.3. The van der Waals surface area contributed by atoms with Gasteiger partial charge in [-0.3, -0.25) is 4.90 Å². The zero-order valence-electron chi connectivity index (χ0n) is 10.0. The van der Waals surface area contributed by atoms with Crippen LogP contribution in [0.3, 0.4) is 0 Å². The molecule has 1 saturated heterocycles. The van der Waals surface area contributed by atoms with Gasteiger partial charge in [0.1, 0.15) is 5.75 Å². The summed E-state index contributed by atoms with van der Waals surface area (Å²) in [5.74, 6) is 1.30. The fourth-order valence-electron chi connectivity index (χ4n) is 2.59. The standard InChI is InChI=1S/C14H21NO/c1-2-5-12-8-9-15(10-12)11-13-6-3-4-7-14(13)16/h3-4,6-7,12,16H,2,5,8-11H2,1H3. The zero-order chi connectivity index (χ0) is 11.4. The highest BCUT2D eigenvalue weighted by Crippen LogP contribution is 2.25. The molecule has 2 heteroatoms. The normalized spacial score (nSPS) is 21.4. The van der Waals surface area contributed by atoms with Crippen LogP contribution in [-0.4, -0.2) is 23.1 Å². The third-order valence-corrected chi connectivity index (χ3v) is 3.45. The minimum atomic E-state index is 0.432. The molecule has 1 aromatic rings. The van der Waals surface area contributed by atoms with Gasteiger partial charge in [0.05, 0.1) is 0 Å².